The summed E-state index contributed by atoms with van der Waals surface area (Å²) in [6, 6.07) is 12.9. The Balaban J connectivity index is 1.54. The average Bonchev–Trinajstić information content (AvgIpc) is 3.21. The third-order valence-corrected chi connectivity index (χ3v) is 6.67. The number of carbonyl (C=O) groups is 1. The Morgan fingerprint density at radius 2 is 1.74 bits per heavy atom. The maximum absolute atomic E-state index is 13.0. The van der Waals surface area contributed by atoms with Gasteiger partial charge in [0.05, 0.1) is 21.1 Å². The zero-order valence-electron chi connectivity index (χ0n) is 17.2. The standard InChI is InChI=1S/C22H16F3N3O5S/c23-22(24,25)16-2-1-3-17(12-16)26-34(32,33)19-8-5-15(6-9-19)21(29)27-11-10-14-4-7-18(28(30)31)13-20(14)27/h1-9,12-13,26H,10-11H2. The molecule has 8 nitrogen and oxygen atoms in total. The van der Waals surface area contributed by atoms with Gasteiger partial charge in [-0.05, 0) is 54.4 Å². The van der Waals surface area contributed by atoms with E-state index in [-0.39, 0.29) is 21.8 Å². The molecule has 176 valence electrons. The number of hydrogen-bond donors (Lipinski definition) is 1. The topological polar surface area (TPSA) is 110 Å². The second-order valence-electron chi connectivity index (χ2n) is 7.49. The third kappa shape index (κ3) is 4.57. The van der Waals surface area contributed by atoms with Crippen molar-refractivity contribution in [3.05, 3.63) is 93.5 Å². The molecule has 0 unspecified atom stereocenters. The first-order valence-electron chi connectivity index (χ1n) is 9.85. The predicted octanol–water partition coefficient (Wildman–Crippen LogP) is 4.62. The summed E-state index contributed by atoms with van der Waals surface area (Å²) in [7, 11) is -4.22. The maximum atomic E-state index is 13.0. The molecule has 0 aromatic heterocycles. The van der Waals surface area contributed by atoms with E-state index in [9.17, 15) is 36.5 Å². The van der Waals surface area contributed by atoms with Gasteiger partial charge in [-0.2, -0.15) is 13.2 Å². The van der Waals surface area contributed by atoms with Crippen LogP contribution in [0, 0.1) is 10.1 Å². The Labute approximate surface area is 191 Å². The Hall–Kier alpha value is -3.93. The van der Waals surface area contributed by atoms with Crippen LogP contribution in [0.5, 0.6) is 0 Å². The first kappa shape index (κ1) is 23.2. The molecular weight excluding hydrogens is 475 g/mol. The Morgan fingerprint density at radius 1 is 1.03 bits per heavy atom. The molecule has 0 radical (unpaired) electrons. The van der Waals surface area contributed by atoms with Crippen LogP contribution in [-0.2, 0) is 22.6 Å². The van der Waals surface area contributed by atoms with E-state index < -0.39 is 32.6 Å². The molecule has 1 aliphatic heterocycles. The van der Waals surface area contributed by atoms with E-state index in [2.05, 4.69) is 4.72 Å². The number of carbonyl (C=O) groups excluding carboxylic acids is 1. The largest absolute Gasteiger partial charge is 0.416 e. The molecule has 0 aliphatic carbocycles. The van der Waals surface area contributed by atoms with E-state index in [1.165, 1.54) is 35.2 Å². The second kappa shape index (κ2) is 8.45. The van der Waals surface area contributed by atoms with E-state index in [1.54, 1.807) is 6.07 Å². The van der Waals surface area contributed by atoms with Gasteiger partial charge < -0.3 is 4.90 Å². The molecule has 1 heterocycles. The number of nitrogens with one attached hydrogen (secondary N) is 1. The highest BCUT2D eigenvalue weighted by molar-refractivity contribution is 7.92. The Morgan fingerprint density at radius 3 is 2.38 bits per heavy atom. The number of amides is 1. The first-order valence-corrected chi connectivity index (χ1v) is 11.3. The summed E-state index contributed by atoms with van der Waals surface area (Å²) in [5, 5.41) is 11.1. The first-order chi connectivity index (χ1) is 16.0. The van der Waals surface area contributed by atoms with Crippen LogP contribution in [-0.4, -0.2) is 25.8 Å². The lowest BCUT2D eigenvalue weighted by Crippen LogP contribution is -2.29. The summed E-state index contributed by atoms with van der Waals surface area (Å²) in [6.45, 7) is 0.312. The number of anilines is 2. The van der Waals surface area contributed by atoms with Crippen molar-refractivity contribution in [2.24, 2.45) is 0 Å². The molecule has 3 aromatic rings. The van der Waals surface area contributed by atoms with E-state index in [4.69, 9.17) is 0 Å². The van der Waals surface area contributed by atoms with Gasteiger partial charge in [0.15, 0.2) is 0 Å². The molecule has 1 N–H and O–H groups in total. The number of halogens is 3. The fraction of sp³-hybridized carbons (Fsp3) is 0.136. The highest BCUT2D eigenvalue weighted by Gasteiger charge is 2.31. The fourth-order valence-corrected chi connectivity index (χ4v) is 4.65. The number of nitro benzene ring substituents is 1. The van der Waals surface area contributed by atoms with Gasteiger partial charge in [-0.1, -0.05) is 12.1 Å². The van der Waals surface area contributed by atoms with Crippen molar-refractivity contribution in [2.75, 3.05) is 16.2 Å². The van der Waals surface area contributed by atoms with Crippen LogP contribution >= 0.6 is 0 Å². The molecule has 0 saturated carbocycles. The molecule has 1 aliphatic rings. The molecule has 4 rings (SSSR count). The van der Waals surface area contributed by atoms with Gasteiger partial charge in [0.1, 0.15) is 0 Å². The summed E-state index contributed by atoms with van der Waals surface area (Å²) in [4.78, 5) is 24.6. The van der Waals surface area contributed by atoms with Gasteiger partial charge in [-0.15, -0.1) is 0 Å². The molecular formula is C22H16F3N3O5S. The summed E-state index contributed by atoms with van der Waals surface area (Å²) in [5.41, 5.74) is -0.0616. The van der Waals surface area contributed by atoms with E-state index >= 15 is 0 Å². The summed E-state index contributed by atoms with van der Waals surface area (Å²) >= 11 is 0. The molecule has 0 saturated heterocycles. The normalized spacial score (nSPS) is 13.4. The number of nitrogens with zero attached hydrogens (tertiary/aromatic N) is 2. The van der Waals surface area contributed by atoms with Crippen LogP contribution in [0.4, 0.5) is 30.2 Å². The highest BCUT2D eigenvalue weighted by atomic mass is 32.2. The highest BCUT2D eigenvalue weighted by Crippen LogP contribution is 2.33. The monoisotopic (exact) mass is 491 g/mol. The Kier molecular flexibility index (Phi) is 5.77. The number of fused-ring (bicyclic) bond motifs is 1. The van der Waals surface area contributed by atoms with Crippen LogP contribution in [0.15, 0.2) is 71.6 Å². The van der Waals surface area contributed by atoms with E-state index in [0.717, 1.165) is 29.8 Å². The zero-order valence-corrected chi connectivity index (χ0v) is 18.1. The summed E-state index contributed by atoms with van der Waals surface area (Å²) in [5.74, 6) is -0.464. The van der Waals surface area contributed by atoms with Crippen molar-refractivity contribution < 1.29 is 31.3 Å². The van der Waals surface area contributed by atoms with Gasteiger partial charge in [0.25, 0.3) is 21.6 Å². The lowest BCUT2D eigenvalue weighted by atomic mass is 10.1. The van der Waals surface area contributed by atoms with Gasteiger partial charge in [-0.25, -0.2) is 8.42 Å². The van der Waals surface area contributed by atoms with Crippen molar-refractivity contribution in [1.29, 1.82) is 0 Å². The molecule has 0 atom stereocenters. The van der Waals surface area contributed by atoms with Crippen molar-refractivity contribution in [3.8, 4) is 0 Å². The minimum atomic E-state index is -4.63. The van der Waals surface area contributed by atoms with Crippen LogP contribution in [0.3, 0.4) is 0 Å². The van der Waals surface area contributed by atoms with Crippen molar-refractivity contribution in [2.45, 2.75) is 17.5 Å². The van der Waals surface area contributed by atoms with Crippen LogP contribution in [0.1, 0.15) is 21.5 Å². The maximum Gasteiger partial charge on any atom is 0.416 e. The molecule has 1 amide bonds. The fourth-order valence-electron chi connectivity index (χ4n) is 3.60. The van der Waals surface area contributed by atoms with Gasteiger partial charge in [0, 0.05) is 29.9 Å². The molecule has 3 aromatic carbocycles. The number of nitro groups is 1. The van der Waals surface area contributed by atoms with Crippen LogP contribution in [0.2, 0.25) is 0 Å². The summed E-state index contributed by atoms with van der Waals surface area (Å²) in [6.07, 6.45) is -4.11. The molecule has 12 heteroatoms. The lowest BCUT2D eigenvalue weighted by molar-refractivity contribution is -0.384. The number of non-ortho nitro benzene ring substituents is 1. The van der Waals surface area contributed by atoms with E-state index in [1.807, 2.05) is 0 Å². The van der Waals surface area contributed by atoms with Crippen molar-refractivity contribution >= 4 is 33.0 Å². The van der Waals surface area contributed by atoms with Crippen LogP contribution < -0.4 is 9.62 Å². The minimum Gasteiger partial charge on any atom is -0.308 e. The number of sulfonamides is 1. The van der Waals surface area contributed by atoms with Gasteiger partial charge >= 0.3 is 6.18 Å². The molecule has 0 spiro atoms. The average molecular weight is 491 g/mol. The zero-order chi connectivity index (χ0) is 24.7. The van der Waals surface area contributed by atoms with E-state index in [0.29, 0.717) is 24.7 Å². The smallest absolute Gasteiger partial charge is 0.308 e. The second-order valence-corrected chi connectivity index (χ2v) is 9.17. The number of alkyl halides is 3. The predicted molar refractivity (Wildman–Crippen MR) is 117 cm³/mol. The SMILES string of the molecule is O=C(c1ccc(S(=O)(=O)Nc2cccc(C(F)(F)F)c2)cc1)N1CCc2ccc([N+](=O)[O-])cc21. The molecule has 0 fully saturated rings. The van der Waals surface area contributed by atoms with Crippen molar-refractivity contribution in [3.63, 3.8) is 0 Å². The van der Waals surface area contributed by atoms with Gasteiger partial charge in [0.2, 0.25) is 0 Å². The number of hydrogen-bond acceptors (Lipinski definition) is 5. The number of benzene rings is 3. The van der Waals surface area contributed by atoms with Crippen LogP contribution in [0.25, 0.3) is 0 Å². The van der Waals surface area contributed by atoms with Crippen molar-refractivity contribution in [1.82, 2.24) is 0 Å². The summed E-state index contributed by atoms with van der Waals surface area (Å²) < 4.78 is 66.0. The lowest BCUT2D eigenvalue weighted by Gasteiger charge is -2.17. The number of rotatable bonds is 5. The van der Waals surface area contributed by atoms with Gasteiger partial charge in [-0.3, -0.25) is 19.6 Å². The minimum absolute atomic E-state index is 0.150. The molecule has 34 heavy (non-hydrogen) atoms. The quantitative estimate of drug-likeness (QED) is 0.414. The molecule has 0 bridgehead atoms. The third-order valence-electron chi connectivity index (χ3n) is 5.27. The Bertz CT molecular complexity index is 1390.